The Morgan fingerprint density at radius 3 is 2.71 bits per heavy atom. The summed E-state index contributed by atoms with van der Waals surface area (Å²) in [7, 11) is 0. The van der Waals surface area contributed by atoms with Crippen LogP contribution in [0.3, 0.4) is 0 Å². The molecule has 1 aliphatic heterocycles. The largest absolute Gasteiger partial charge is 0.484 e. The van der Waals surface area contributed by atoms with Gasteiger partial charge in [-0.3, -0.25) is 10.1 Å². The van der Waals surface area contributed by atoms with Crippen molar-refractivity contribution in [2.75, 3.05) is 24.5 Å². The van der Waals surface area contributed by atoms with Crippen LogP contribution in [0.25, 0.3) is 0 Å². The second-order valence-corrected chi connectivity index (χ2v) is 6.19. The van der Waals surface area contributed by atoms with Crippen LogP contribution < -0.4 is 15.0 Å². The number of hydrogen-bond donors (Lipinski definition) is 1. The molecule has 2 rings (SSSR count). The van der Waals surface area contributed by atoms with E-state index in [1.54, 1.807) is 12.1 Å². The number of benzene rings is 1. The highest BCUT2D eigenvalue weighted by atomic mass is 16.6. The van der Waals surface area contributed by atoms with E-state index < -0.39 is 0 Å². The van der Waals surface area contributed by atoms with Gasteiger partial charge in [0.2, 0.25) is 0 Å². The molecule has 0 radical (unpaired) electrons. The third-order valence-corrected chi connectivity index (χ3v) is 3.61. The number of ether oxygens (including phenoxy) is 1. The molecule has 1 N–H and O–H groups in total. The van der Waals surface area contributed by atoms with Crippen molar-refractivity contribution in [1.29, 1.82) is 0 Å². The van der Waals surface area contributed by atoms with Gasteiger partial charge in [-0.15, -0.1) is 0 Å². The molecule has 1 saturated heterocycles. The number of rotatable bonds is 4. The third kappa shape index (κ3) is 3.26. The first kappa shape index (κ1) is 15.6. The Morgan fingerprint density at radius 1 is 1.43 bits per heavy atom. The number of piperazine rings is 1. The number of nitro groups is 1. The second kappa shape index (κ2) is 5.89. The fraction of sp³-hybridized carbons (Fsp3) is 0.600. The molecule has 0 atom stereocenters. The van der Waals surface area contributed by atoms with Gasteiger partial charge in [0.25, 0.3) is 0 Å². The molecule has 1 aliphatic rings. The van der Waals surface area contributed by atoms with Gasteiger partial charge in [0, 0.05) is 25.2 Å². The zero-order valence-corrected chi connectivity index (χ0v) is 13.0. The van der Waals surface area contributed by atoms with E-state index in [9.17, 15) is 10.1 Å². The molecule has 0 aliphatic carbocycles. The third-order valence-electron chi connectivity index (χ3n) is 3.61. The van der Waals surface area contributed by atoms with E-state index in [0.717, 1.165) is 19.6 Å². The number of nitro benzene ring substituents is 1. The quantitative estimate of drug-likeness (QED) is 0.682. The number of hydrogen-bond acceptors (Lipinski definition) is 5. The summed E-state index contributed by atoms with van der Waals surface area (Å²) < 4.78 is 5.62. The van der Waals surface area contributed by atoms with Gasteiger partial charge in [-0.2, -0.15) is 0 Å². The highest BCUT2D eigenvalue weighted by Gasteiger charge is 2.35. The van der Waals surface area contributed by atoms with Crippen molar-refractivity contribution in [3.63, 3.8) is 0 Å². The summed E-state index contributed by atoms with van der Waals surface area (Å²) in [6.45, 7) is 10.2. The minimum absolute atomic E-state index is 0.0566. The Hall–Kier alpha value is -1.82. The summed E-state index contributed by atoms with van der Waals surface area (Å²) >= 11 is 0. The van der Waals surface area contributed by atoms with Crippen LogP contribution in [0.15, 0.2) is 18.2 Å². The van der Waals surface area contributed by atoms with Crippen LogP contribution in [0.1, 0.15) is 27.7 Å². The van der Waals surface area contributed by atoms with Gasteiger partial charge >= 0.3 is 5.69 Å². The number of nitrogens with one attached hydrogen (secondary N) is 1. The molecule has 1 aromatic rings. The smallest absolute Gasteiger partial charge is 0.333 e. The van der Waals surface area contributed by atoms with Gasteiger partial charge in [0.15, 0.2) is 5.75 Å². The lowest BCUT2D eigenvalue weighted by Crippen LogP contribution is -2.58. The summed E-state index contributed by atoms with van der Waals surface area (Å²) in [5.41, 5.74) is 0.505. The Bertz CT molecular complexity index is 529. The number of anilines is 1. The molecule has 1 heterocycles. The lowest BCUT2D eigenvalue weighted by molar-refractivity contribution is -0.385. The van der Waals surface area contributed by atoms with Crippen LogP contribution in [-0.4, -0.2) is 36.2 Å². The van der Waals surface area contributed by atoms with Gasteiger partial charge < -0.3 is 15.0 Å². The minimum atomic E-state index is -0.342. The first-order chi connectivity index (χ1) is 9.83. The minimum Gasteiger partial charge on any atom is -0.484 e. The normalized spacial score (nSPS) is 17.9. The molecule has 6 nitrogen and oxygen atoms in total. The zero-order valence-electron chi connectivity index (χ0n) is 13.0. The molecule has 1 aromatic carbocycles. The fourth-order valence-electron chi connectivity index (χ4n) is 2.69. The molecular weight excluding hydrogens is 270 g/mol. The average molecular weight is 293 g/mol. The van der Waals surface area contributed by atoms with Crippen LogP contribution in [0.2, 0.25) is 0 Å². The first-order valence-electron chi connectivity index (χ1n) is 7.25. The van der Waals surface area contributed by atoms with Gasteiger partial charge in [-0.25, -0.2) is 0 Å². The van der Waals surface area contributed by atoms with E-state index in [-0.39, 0.29) is 22.3 Å². The summed E-state index contributed by atoms with van der Waals surface area (Å²) in [6, 6.07) is 5.29. The van der Waals surface area contributed by atoms with Crippen LogP contribution in [0.4, 0.5) is 11.4 Å². The van der Waals surface area contributed by atoms with Crippen molar-refractivity contribution in [3.8, 4) is 5.75 Å². The topological polar surface area (TPSA) is 67.6 Å². The van der Waals surface area contributed by atoms with E-state index >= 15 is 0 Å². The maximum atomic E-state index is 11.6. The van der Waals surface area contributed by atoms with E-state index in [0.29, 0.717) is 11.4 Å². The van der Waals surface area contributed by atoms with Crippen LogP contribution in [-0.2, 0) is 0 Å². The Morgan fingerprint density at radius 2 is 2.14 bits per heavy atom. The van der Waals surface area contributed by atoms with E-state index in [4.69, 9.17) is 4.74 Å². The van der Waals surface area contributed by atoms with E-state index in [1.807, 2.05) is 19.9 Å². The number of nitrogens with zero attached hydrogens (tertiary/aromatic N) is 2. The van der Waals surface area contributed by atoms with Crippen molar-refractivity contribution < 1.29 is 9.66 Å². The Labute approximate surface area is 125 Å². The molecule has 0 bridgehead atoms. The summed E-state index contributed by atoms with van der Waals surface area (Å²) in [5.74, 6) is 0.335. The second-order valence-electron chi connectivity index (χ2n) is 6.19. The summed E-state index contributed by atoms with van der Waals surface area (Å²) in [5, 5.41) is 14.9. The molecule has 1 fully saturated rings. The van der Waals surface area contributed by atoms with E-state index in [1.165, 1.54) is 0 Å². The lowest BCUT2D eigenvalue weighted by Gasteiger charge is -2.44. The molecule has 0 saturated carbocycles. The van der Waals surface area contributed by atoms with Crippen molar-refractivity contribution in [1.82, 2.24) is 5.32 Å². The predicted molar refractivity (Wildman–Crippen MR) is 83.2 cm³/mol. The predicted octanol–water partition coefficient (Wildman–Crippen LogP) is 2.57. The van der Waals surface area contributed by atoms with Crippen molar-refractivity contribution >= 4 is 11.4 Å². The Balaban J connectivity index is 2.49. The van der Waals surface area contributed by atoms with Crippen molar-refractivity contribution in [3.05, 3.63) is 28.3 Å². The average Bonchev–Trinajstić information content (AvgIpc) is 2.36. The van der Waals surface area contributed by atoms with Gasteiger partial charge in [-0.05, 0) is 39.8 Å². The van der Waals surface area contributed by atoms with Gasteiger partial charge in [-0.1, -0.05) is 6.07 Å². The van der Waals surface area contributed by atoms with Crippen LogP contribution in [0.5, 0.6) is 5.75 Å². The molecule has 0 aromatic heterocycles. The van der Waals surface area contributed by atoms with E-state index in [2.05, 4.69) is 24.1 Å². The number of para-hydroxylation sites is 1. The van der Waals surface area contributed by atoms with Crippen LogP contribution >= 0.6 is 0 Å². The molecule has 0 unspecified atom stereocenters. The molecule has 21 heavy (non-hydrogen) atoms. The first-order valence-corrected chi connectivity index (χ1v) is 7.25. The Kier molecular flexibility index (Phi) is 4.37. The molecule has 0 spiro atoms. The molecule has 6 heteroatoms. The van der Waals surface area contributed by atoms with Gasteiger partial charge in [0.1, 0.15) is 5.69 Å². The monoisotopic (exact) mass is 293 g/mol. The lowest BCUT2D eigenvalue weighted by atomic mass is 9.98. The van der Waals surface area contributed by atoms with Crippen LogP contribution in [0, 0.1) is 10.1 Å². The molecule has 0 amide bonds. The standard InChI is InChI=1S/C15H23N3O3/c1-11(2)21-13-7-5-6-12(14(13)18(19)20)17-9-8-16-10-15(17,3)4/h5-7,11,16H,8-10H2,1-4H3. The zero-order chi connectivity index (χ0) is 15.6. The summed E-state index contributed by atoms with van der Waals surface area (Å²) in [4.78, 5) is 13.3. The maximum absolute atomic E-state index is 11.6. The highest BCUT2D eigenvalue weighted by molar-refractivity contribution is 5.71. The summed E-state index contributed by atoms with van der Waals surface area (Å²) in [6.07, 6.45) is -0.102. The SMILES string of the molecule is CC(C)Oc1cccc(N2CCNCC2(C)C)c1[N+](=O)[O-]. The molecular formula is C15H23N3O3. The highest BCUT2D eigenvalue weighted by Crippen LogP contribution is 2.40. The van der Waals surface area contributed by atoms with Crippen molar-refractivity contribution in [2.45, 2.75) is 39.3 Å². The fourth-order valence-corrected chi connectivity index (χ4v) is 2.69. The maximum Gasteiger partial charge on any atom is 0.333 e. The van der Waals surface area contributed by atoms with Crippen molar-refractivity contribution in [2.24, 2.45) is 0 Å². The molecule has 116 valence electrons. The van der Waals surface area contributed by atoms with Gasteiger partial charge in [0.05, 0.1) is 11.0 Å².